The summed E-state index contributed by atoms with van der Waals surface area (Å²) in [6, 6.07) is 0. The Morgan fingerprint density at radius 3 is 1.90 bits per heavy atom. The second-order valence-electron chi connectivity index (χ2n) is 2.21. The fraction of sp³-hybridized carbons (Fsp3) is 0.667. The van der Waals surface area contributed by atoms with E-state index >= 15 is 0 Å². The fourth-order valence-electron chi connectivity index (χ4n) is 0.401. The van der Waals surface area contributed by atoms with E-state index in [1.807, 2.05) is 0 Å². The molecular formula is C6H10BrNO2+. The van der Waals surface area contributed by atoms with Crippen molar-refractivity contribution in [2.45, 2.75) is 11.8 Å². The molecule has 0 aliphatic carbocycles. The highest BCUT2D eigenvalue weighted by Crippen LogP contribution is 2.02. The van der Waals surface area contributed by atoms with E-state index in [1.54, 1.807) is 14.1 Å². The Balaban J connectivity index is 4.08. The first-order valence-electron chi connectivity index (χ1n) is 2.82. The first kappa shape index (κ1) is 9.78. The summed E-state index contributed by atoms with van der Waals surface area (Å²) in [4.78, 5) is 22.2. The molecule has 0 heterocycles. The fourth-order valence-corrected chi connectivity index (χ4v) is 0.810. The Kier molecular flexibility index (Phi) is 3.75. The normalized spacial score (nSPS) is 13.3. The zero-order valence-electron chi connectivity index (χ0n) is 6.22. The Labute approximate surface area is 68.5 Å². The predicted molar refractivity (Wildman–Crippen MR) is 42.4 cm³/mol. The van der Waals surface area contributed by atoms with E-state index in [4.69, 9.17) is 0 Å². The number of nitrogens with zero attached hydrogens (tertiary/aromatic N) is 1. The van der Waals surface area contributed by atoms with Gasteiger partial charge in [0.05, 0.1) is 0 Å². The first-order chi connectivity index (χ1) is 4.46. The maximum Gasteiger partial charge on any atom is 0.381 e. The highest BCUT2D eigenvalue weighted by atomic mass is 79.9. The van der Waals surface area contributed by atoms with E-state index in [-0.39, 0.29) is 11.7 Å². The third-order valence-electron chi connectivity index (χ3n) is 1.01. The number of hydrogen-bond donors (Lipinski definition) is 0. The number of ketones is 1. The summed E-state index contributed by atoms with van der Waals surface area (Å²) in [5, 5.41) is 0. The number of carbonyl (C=O) groups excluding carboxylic acids is 2. The van der Waals surface area contributed by atoms with Gasteiger partial charge in [-0.25, -0.2) is 4.79 Å². The van der Waals surface area contributed by atoms with Crippen molar-refractivity contribution in [3.63, 3.8) is 0 Å². The molecule has 0 aromatic heterocycles. The molecule has 0 bridgehead atoms. The second kappa shape index (κ2) is 3.83. The zero-order chi connectivity index (χ0) is 8.31. The molecule has 1 amide bonds. The van der Waals surface area contributed by atoms with Gasteiger partial charge in [-0.2, -0.15) is 0 Å². The molecule has 0 N–H and O–H groups in total. The molecule has 0 aromatic rings. The highest BCUT2D eigenvalue weighted by Gasteiger charge is 2.28. The summed E-state index contributed by atoms with van der Waals surface area (Å²) in [7, 11) is 3.22. The Hall–Kier alpha value is -0.220. The molecule has 10 heavy (non-hydrogen) atoms. The van der Waals surface area contributed by atoms with Gasteiger partial charge in [-0.1, -0.05) is 15.9 Å². The van der Waals surface area contributed by atoms with Gasteiger partial charge in [-0.05, 0) is 6.92 Å². The first-order valence-corrected chi connectivity index (χ1v) is 3.74. The van der Waals surface area contributed by atoms with Crippen LogP contribution in [-0.4, -0.2) is 30.6 Å². The molecule has 0 aliphatic heterocycles. The number of halogens is 1. The van der Waals surface area contributed by atoms with Gasteiger partial charge in [0.15, 0.2) is 10.6 Å². The molecule has 0 spiro atoms. The summed E-state index contributed by atoms with van der Waals surface area (Å²) in [6.45, 7) is 1.38. The van der Waals surface area contributed by atoms with E-state index in [2.05, 4.69) is 15.9 Å². The van der Waals surface area contributed by atoms with Gasteiger partial charge >= 0.3 is 5.91 Å². The average Bonchev–Trinajstić information content (AvgIpc) is 1.84. The largest absolute Gasteiger partial charge is 0.381 e. The van der Waals surface area contributed by atoms with Crippen LogP contribution < -0.4 is 4.90 Å². The SMILES string of the molecule is CC(=O)C(Br)C(=O)[N+](C)C. The summed E-state index contributed by atoms with van der Waals surface area (Å²) >= 11 is 2.97. The topological polar surface area (TPSA) is 40.0 Å². The van der Waals surface area contributed by atoms with Crippen LogP contribution in [-0.2, 0) is 9.59 Å². The molecule has 1 radical (unpaired) electrons. The van der Waals surface area contributed by atoms with Crippen LogP contribution in [0, 0.1) is 0 Å². The van der Waals surface area contributed by atoms with E-state index in [9.17, 15) is 9.59 Å². The molecule has 0 saturated carbocycles. The van der Waals surface area contributed by atoms with Crippen LogP contribution >= 0.6 is 15.9 Å². The lowest BCUT2D eigenvalue weighted by Crippen LogP contribution is -2.37. The Morgan fingerprint density at radius 2 is 1.80 bits per heavy atom. The van der Waals surface area contributed by atoms with Crippen LogP contribution in [0.1, 0.15) is 6.92 Å². The number of carbonyl (C=O) groups is 2. The number of alkyl halides is 1. The number of Topliss-reactive ketones (excluding diaryl/α,β-unsaturated/α-hetero) is 1. The van der Waals surface area contributed by atoms with Gasteiger partial charge in [0.25, 0.3) is 0 Å². The molecule has 0 aromatic carbocycles. The predicted octanol–water partition coefficient (Wildman–Crippen LogP) is 0.265. The van der Waals surface area contributed by atoms with Crippen molar-refractivity contribution < 1.29 is 9.59 Å². The van der Waals surface area contributed by atoms with Crippen molar-refractivity contribution in [2.75, 3.05) is 14.1 Å². The maximum atomic E-state index is 10.9. The third kappa shape index (κ3) is 2.58. The van der Waals surface area contributed by atoms with Gasteiger partial charge in [-0.3, -0.25) is 4.79 Å². The molecule has 3 nitrogen and oxygen atoms in total. The van der Waals surface area contributed by atoms with Crippen LogP contribution in [0.3, 0.4) is 0 Å². The zero-order valence-corrected chi connectivity index (χ0v) is 7.81. The summed E-state index contributed by atoms with van der Waals surface area (Å²) < 4.78 is 0. The van der Waals surface area contributed by atoms with E-state index in [0.717, 1.165) is 0 Å². The summed E-state index contributed by atoms with van der Waals surface area (Å²) in [5.41, 5.74) is 0. The van der Waals surface area contributed by atoms with Crippen LogP contribution in [0.5, 0.6) is 0 Å². The Bertz CT molecular complexity index is 156. The van der Waals surface area contributed by atoms with Crippen LogP contribution in [0.4, 0.5) is 0 Å². The highest BCUT2D eigenvalue weighted by molar-refractivity contribution is 9.10. The molecule has 1 unspecified atom stereocenters. The van der Waals surface area contributed by atoms with Crippen LogP contribution in [0.2, 0.25) is 0 Å². The number of amides is 1. The van der Waals surface area contributed by atoms with Crippen LogP contribution in [0.25, 0.3) is 0 Å². The van der Waals surface area contributed by atoms with Gasteiger partial charge in [-0.15, -0.1) is 4.90 Å². The molecular weight excluding hydrogens is 198 g/mol. The van der Waals surface area contributed by atoms with Gasteiger partial charge < -0.3 is 0 Å². The average molecular weight is 208 g/mol. The van der Waals surface area contributed by atoms with Gasteiger partial charge in [0, 0.05) is 0 Å². The van der Waals surface area contributed by atoms with Gasteiger partial charge in [0.2, 0.25) is 0 Å². The lowest BCUT2D eigenvalue weighted by Gasteiger charge is -2.00. The van der Waals surface area contributed by atoms with Crippen molar-refractivity contribution in [3.05, 3.63) is 0 Å². The number of rotatable bonds is 2. The van der Waals surface area contributed by atoms with Crippen molar-refractivity contribution >= 4 is 27.6 Å². The van der Waals surface area contributed by atoms with Crippen molar-refractivity contribution in [1.29, 1.82) is 0 Å². The van der Waals surface area contributed by atoms with Crippen molar-refractivity contribution in [2.24, 2.45) is 0 Å². The number of hydrogen-bond acceptors (Lipinski definition) is 2. The summed E-state index contributed by atoms with van der Waals surface area (Å²) in [6.07, 6.45) is 0. The van der Waals surface area contributed by atoms with Crippen LogP contribution in [0.15, 0.2) is 0 Å². The molecule has 57 valence electrons. The molecule has 0 fully saturated rings. The minimum atomic E-state index is -0.678. The molecule has 0 rings (SSSR count). The maximum absolute atomic E-state index is 10.9. The lowest BCUT2D eigenvalue weighted by molar-refractivity contribution is -0.128. The van der Waals surface area contributed by atoms with Crippen molar-refractivity contribution in [1.82, 2.24) is 4.90 Å². The quantitative estimate of drug-likeness (QED) is 0.371. The van der Waals surface area contributed by atoms with E-state index in [0.29, 0.717) is 0 Å². The van der Waals surface area contributed by atoms with E-state index < -0.39 is 4.83 Å². The molecule has 0 aliphatic rings. The second-order valence-corrected chi connectivity index (χ2v) is 3.12. The minimum absolute atomic E-state index is 0.168. The Morgan fingerprint density at radius 1 is 1.40 bits per heavy atom. The minimum Gasteiger partial charge on any atom is -0.298 e. The monoisotopic (exact) mass is 207 g/mol. The standard InChI is InChI=1S/C6H10BrNO2/c1-4(9)5(7)6(10)8(2)3/h5H,1-3H3/q+1. The third-order valence-corrected chi connectivity index (χ3v) is 2.05. The molecule has 1 atom stereocenters. The molecule has 0 saturated heterocycles. The molecule has 4 heteroatoms. The van der Waals surface area contributed by atoms with E-state index in [1.165, 1.54) is 11.8 Å². The lowest BCUT2D eigenvalue weighted by atomic mass is 10.3. The van der Waals surface area contributed by atoms with Crippen molar-refractivity contribution in [3.8, 4) is 0 Å². The smallest absolute Gasteiger partial charge is 0.298 e. The van der Waals surface area contributed by atoms with Gasteiger partial charge in [0.1, 0.15) is 14.1 Å². The summed E-state index contributed by atoms with van der Waals surface area (Å²) in [5.74, 6) is -0.383.